The van der Waals surface area contributed by atoms with E-state index in [4.69, 9.17) is 11.6 Å². The highest BCUT2D eigenvalue weighted by molar-refractivity contribution is 6.29. The Morgan fingerprint density at radius 2 is 2.15 bits per heavy atom. The summed E-state index contributed by atoms with van der Waals surface area (Å²) in [4.78, 5) is 0. The predicted octanol–water partition coefficient (Wildman–Crippen LogP) is 3.33. The van der Waals surface area contributed by atoms with E-state index in [1.54, 1.807) is 6.07 Å². The maximum absolute atomic E-state index is 5.64. The fourth-order valence-electron chi connectivity index (χ4n) is 1.16. The second-order valence-electron chi connectivity index (χ2n) is 2.73. The molecule has 70 valence electrons. The smallest absolute Gasteiger partial charge is 0.149 e. The van der Waals surface area contributed by atoms with Gasteiger partial charge in [0.25, 0.3) is 0 Å². The van der Waals surface area contributed by atoms with Gasteiger partial charge < -0.3 is 0 Å². The summed E-state index contributed by atoms with van der Waals surface area (Å²) in [6.45, 7) is 4.22. The molecule has 0 bridgehead atoms. The molecule has 0 atom stereocenters. The molecule has 0 spiro atoms. The van der Waals surface area contributed by atoms with E-state index in [0.29, 0.717) is 5.15 Å². The SMILES string of the molecule is CCC=C(CC)c1ccc(Cl)nn1. The van der Waals surface area contributed by atoms with E-state index in [2.05, 4.69) is 30.1 Å². The average Bonchev–Trinajstić information content (AvgIpc) is 2.16. The lowest BCUT2D eigenvalue weighted by Crippen LogP contribution is -1.91. The molecule has 1 heterocycles. The van der Waals surface area contributed by atoms with Crippen molar-refractivity contribution in [1.82, 2.24) is 10.2 Å². The molecule has 1 aromatic rings. The molecule has 0 saturated heterocycles. The van der Waals surface area contributed by atoms with Gasteiger partial charge in [0.1, 0.15) is 0 Å². The molecule has 0 radical (unpaired) electrons. The third-order valence-corrected chi connectivity index (χ3v) is 1.99. The van der Waals surface area contributed by atoms with E-state index in [0.717, 1.165) is 18.5 Å². The Morgan fingerprint density at radius 1 is 1.38 bits per heavy atom. The Balaban J connectivity index is 2.92. The zero-order chi connectivity index (χ0) is 9.68. The topological polar surface area (TPSA) is 25.8 Å². The highest BCUT2D eigenvalue weighted by Gasteiger charge is 2.00. The van der Waals surface area contributed by atoms with Crippen molar-refractivity contribution < 1.29 is 0 Å². The van der Waals surface area contributed by atoms with Gasteiger partial charge in [0.05, 0.1) is 5.69 Å². The van der Waals surface area contributed by atoms with Crippen LogP contribution in [0.1, 0.15) is 32.4 Å². The molecule has 0 aliphatic carbocycles. The molecule has 3 heteroatoms. The lowest BCUT2D eigenvalue weighted by Gasteiger charge is -2.01. The van der Waals surface area contributed by atoms with Gasteiger partial charge in [-0.05, 0) is 30.5 Å². The second kappa shape index (κ2) is 4.97. The van der Waals surface area contributed by atoms with Crippen molar-refractivity contribution in [2.45, 2.75) is 26.7 Å². The van der Waals surface area contributed by atoms with E-state index in [9.17, 15) is 0 Å². The maximum atomic E-state index is 5.64. The third kappa shape index (κ3) is 2.81. The van der Waals surface area contributed by atoms with Gasteiger partial charge in [0.15, 0.2) is 5.15 Å². The molecule has 0 aromatic carbocycles. The zero-order valence-electron chi connectivity index (χ0n) is 7.92. The first-order valence-corrected chi connectivity index (χ1v) is 4.84. The summed E-state index contributed by atoms with van der Waals surface area (Å²) in [6, 6.07) is 3.67. The molecule has 0 unspecified atom stereocenters. The molecular formula is C10H13ClN2. The summed E-state index contributed by atoms with van der Waals surface area (Å²) in [5.74, 6) is 0. The van der Waals surface area contributed by atoms with E-state index in [-0.39, 0.29) is 0 Å². The normalized spacial score (nSPS) is 11.8. The predicted molar refractivity (Wildman–Crippen MR) is 55.6 cm³/mol. The van der Waals surface area contributed by atoms with Gasteiger partial charge in [-0.25, -0.2) is 0 Å². The minimum Gasteiger partial charge on any atom is -0.149 e. The Labute approximate surface area is 83.6 Å². The number of halogens is 1. The highest BCUT2D eigenvalue weighted by atomic mass is 35.5. The summed E-state index contributed by atoms with van der Waals surface area (Å²) < 4.78 is 0. The quantitative estimate of drug-likeness (QED) is 0.741. The van der Waals surface area contributed by atoms with Crippen molar-refractivity contribution in [3.05, 3.63) is 29.1 Å². The summed E-state index contributed by atoms with van der Waals surface area (Å²) in [5, 5.41) is 8.26. The zero-order valence-corrected chi connectivity index (χ0v) is 8.67. The van der Waals surface area contributed by atoms with Crippen LogP contribution in [-0.4, -0.2) is 10.2 Å². The van der Waals surface area contributed by atoms with Gasteiger partial charge in [-0.3, -0.25) is 0 Å². The molecule has 13 heavy (non-hydrogen) atoms. The van der Waals surface area contributed by atoms with Crippen LogP contribution in [0, 0.1) is 0 Å². The molecule has 0 fully saturated rings. The molecule has 0 aliphatic heterocycles. The van der Waals surface area contributed by atoms with E-state index >= 15 is 0 Å². The standard InChI is InChI=1S/C10H13ClN2/c1-3-5-8(4-2)9-6-7-10(11)13-12-9/h5-7H,3-4H2,1-2H3. The minimum absolute atomic E-state index is 0.440. The molecule has 0 amide bonds. The first-order valence-electron chi connectivity index (χ1n) is 4.46. The maximum Gasteiger partial charge on any atom is 0.151 e. The van der Waals surface area contributed by atoms with E-state index in [1.807, 2.05) is 6.07 Å². The fourth-order valence-corrected chi connectivity index (χ4v) is 1.26. The number of rotatable bonds is 3. The van der Waals surface area contributed by atoms with Crippen LogP contribution in [-0.2, 0) is 0 Å². The van der Waals surface area contributed by atoms with Crippen LogP contribution in [0.15, 0.2) is 18.2 Å². The Morgan fingerprint density at radius 3 is 2.62 bits per heavy atom. The molecule has 2 nitrogen and oxygen atoms in total. The van der Waals surface area contributed by atoms with Crippen LogP contribution in [0.2, 0.25) is 5.15 Å². The number of hydrogen-bond donors (Lipinski definition) is 0. The van der Waals surface area contributed by atoms with Crippen LogP contribution in [0.3, 0.4) is 0 Å². The first-order chi connectivity index (χ1) is 6.27. The number of aromatic nitrogens is 2. The highest BCUT2D eigenvalue weighted by Crippen LogP contribution is 2.16. The first kappa shape index (κ1) is 10.2. The van der Waals surface area contributed by atoms with Crippen molar-refractivity contribution in [2.75, 3.05) is 0 Å². The molecule has 1 rings (SSSR count). The van der Waals surface area contributed by atoms with Gasteiger partial charge in [0.2, 0.25) is 0 Å². The van der Waals surface area contributed by atoms with Gasteiger partial charge in [-0.2, -0.15) is 0 Å². The van der Waals surface area contributed by atoms with Crippen molar-refractivity contribution in [1.29, 1.82) is 0 Å². The molecule has 1 aromatic heterocycles. The van der Waals surface area contributed by atoms with Crippen molar-refractivity contribution in [3.8, 4) is 0 Å². The number of hydrogen-bond acceptors (Lipinski definition) is 2. The van der Waals surface area contributed by atoms with E-state index in [1.165, 1.54) is 5.57 Å². The Bertz CT molecular complexity index is 290. The Hall–Kier alpha value is -0.890. The summed E-state index contributed by atoms with van der Waals surface area (Å²) in [5.41, 5.74) is 2.15. The summed E-state index contributed by atoms with van der Waals surface area (Å²) in [6.07, 6.45) is 4.16. The number of nitrogens with zero attached hydrogens (tertiary/aromatic N) is 2. The largest absolute Gasteiger partial charge is 0.151 e. The molecular weight excluding hydrogens is 184 g/mol. The van der Waals surface area contributed by atoms with Crippen LogP contribution in [0.25, 0.3) is 5.57 Å². The second-order valence-corrected chi connectivity index (χ2v) is 3.12. The van der Waals surface area contributed by atoms with Crippen molar-refractivity contribution in [3.63, 3.8) is 0 Å². The third-order valence-electron chi connectivity index (χ3n) is 1.79. The molecule has 0 N–H and O–H groups in total. The lowest BCUT2D eigenvalue weighted by atomic mass is 10.1. The lowest BCUT2D eigenvalue weighted by molar-refractivity contribution is 0.994. The minimum atomic E-state index is 0.440. The van der Waals surface area contributed by atoms with Crippen LogP contribution < -0.4 is 0 Å². The average molecular weight is 197 g/mol. The van der Waals surface area contributed by atoms with E-state index < -0.39 is 0 Å². The van der Waals surface area contributed by atoms with Gasteiger partial charge >= 0.3 is 0 Å². The van der Waals surface area contributed by atoms with Crippen molar-refractivity contribution in [2.24, 2.45) is 0 Å². The molecule has 0 saturated carbocycles. The van der Waals surface area contributed by atoms with Crippen LogP contribution in [0.4, 0.5) is 0 Å². The van der Waals surface area contributed by atoms with Crippen molar-refractivity contribution >= 4 is 17.2 Å². The van der Waals surface area contributed by atoms with Gasteiger partial charge in [-0.1, -0.05) is 31.5 Å². The fraction of sp³-hybridized carbons (Fsp3) is 0.400. The van der Waals surface area contributed by atoms with Crippen LogP contribution in [0.5, 0.6) is 0 Å². The van der Waals surface area contributed by atoms with Gasteiger partial charge in [0, 0.05) is 0 Å². The monoisotopic (exact) mass is 196 g/mol. The molecule has 0 aliphatic rings. The van der Waals surface area contributed by atoms with Gasteiger partial charge in [-0.15, -0.1) is 10.2 Å². The Kier molecular flexibility index (Phi) is 3.90. The summed E-state index contributed by atoms with van der Waals surface area (Å²) in [7, 11) is 0. The number of allylic oxidation sites excluding steroid dienone is 2. The van der Waals surface area contributed by atoms with Crippen LogP contribution >= 0.6 is 11.6 Å². The summed E-state index contributed by atoms with van der Waals surface area (Å²) >= 11 is 5.64.